The second kappa shape index (κ2) is 6.30. The highest BCUT2D eigenvalue weighted by molar-refractivity contribution is 6.14. The fraction of sp³-hybridized carbons (Fsp3) is 0.412. The van der Waals surface area contributed by atoms with Crippen molar-refractivity contribution in [3.8, 4) is 0 Å². The number of carbonyl (C=O) groups excluding carboxylic acids is 1. The van der Waals surface area contributed by atoms with Crippen LogP contribution >= 0.6 is 0 Å². The zero-order valence-electron chi connectivity index (χ0n) is 14.4. The number of aryl methyl sites for hydroxylation is 3. The Morgan fingerprint density at radius 3 is 2.58 bits per heavy atom. The highest BCUT2D eigenvalue weighted by Crippen LogP contribution is 2.21. The normalized spacial score (nSPS) is 13.7. The van der Waals surface area contributed by atoms with Gasteiger partial charge in [0.05, 0.1) is 22.0 Å². The quantitative estimate of drug-likeness (QED) is 0.854. The molecule has 7 heteroatoms. The number of nitrogens with one attached hydrogen (secondary N) is 1. The number of hydrogen-bond donors (Lipinski definition) is 1. The molecule has 0 aliphatic carbocycles. The Hall–Kier alpha value is -2.31. The summed E-state index contributed by atoms with van der Waals surface area (Å²) in [4.78, 5) is 25.0. The predicted molar refractivity (Wildman–Crippen MR) is 94.0 cm³/mol. The van der Waals surface area contributed by atoms with Crippen molar-refractivity contribution in [3.05, 3.63) is 46.2 Å². The van der Waals surface area contributed by atoms with Gasteiger partial charge < -0.3 is 14.5 Å². The Morgan fingerprint density at radius 2 is 2.00 bits per heavy atom. The summed E-state index contributed by atoms with van der Waals surface area (Å²) in [6.45, 7) is 6.87. The van der Waals surface area contributed by atoms with Crippen LogP contribution in [0.25, 0.3) is 10.9 Å². The largest absolute Gasteiger partial charge is 0.349 e. The lowest BCUT2D eigenvalue weighted by molar-refractivity contribution is 0.0965. The van der Waals surface area contributed by atoms with E-state index < -0.39 is 11.5 Å². The average Bonchev–Trinajstić information content (AvgIpc) is 2.80. The van der Waals surface area contributed by atoms with Gasteiger partial charge in [-0.25, -0.2) is 0 Å². The van der Waals surface area contributed by atoms with E-state index in [9.17, 15) is 14.0 Å². The molecular weight excluding hydrogens is 308 g/mol. The molecule has 0 saturated heterocycles. The molecule has 1 atom stereocenters. The van der Waals surface area contributed by atoms with Crippen LogP contribution in [0.3, 0.4) is 0 Å². The fourth-order valence-corrected chi connectivity index (χ4v) is 2.76. The van der Waals surface area contributed by atoms with E-state index in [1.165, 1.54) is 11.5 Å². The molecule has 0 bridgehead atoms. The summed E-state index contributed by atoms with van der Waals surface area (Å²) in [6.07, 6.45) is 3.61. The average molecular weight is 329 g/mol. The van der Waals surface area contributed by atoms with Crippen molar-refractivity contribution in [2.24, 2.45) is 14.1 Å². The molecule has 5 nitrogen and oxygen atoms in total. The second-order valence-corrected chi connectivity index (χ2v) is 6.44. The van der Waals surface area contributed by atoms with Gasteiger partial charge in [-0.3, -0.25) is 14.0 Å². The molecule has 2 rings (SSSR count). The number of alkyl halides is 1. The van der Waals surface area contributed by atoms with Gasteiger partial charge >= 0.3 is 0 Å². The summed E-state index contributed by atoms with van der Waals surface area (Å²) in [5, 5.41) is 2.98. The Balaban J connectivity index is 2.34. The van der Waals surface area contributed by atoms with Crippen LogP contribution in [0.1, 0.15) is 35.7 Å². The maximum absolute atomic E-state index is 13.3. The first kappa shape index (κ1) is 18.0. The maximum atomic E-state index is 13.3. The lowest BCUT2D eigenvalue weighted by Crippen LogP contribution is -2.26. The van der Waals surface area contributed by atoms with E-state index in [1.807, 2.05) is 6.92 Å². The fourth-order valence-electron chi connectivity index (χ4n) is 2.76. The molecule has 0 spiro atoms. The van der Waals surface area contributed by atoms with Gasteiger partial charge in [-0.1, -0.05) is 6.58 Å². The van der Waals surface area contributed by atoms with Crippen LogP contribution < -0.4 is 10.9 Å². The van der Waals surface area contributed by atoms with Crippen LogP contribution in [0.15, 0.2) is 29.5 Å². The monoisotopic (exact) mass is 329 g/mol. The summed E-state index contributed by atoms with van der Waals surface area (Å²) in [7, 11) is 8.71. The standard InChI is InChI=1S/C17H21BFN3O2/c1-10-8-22(5)16(24)13-12(9-21(4)14(10)13)15(23)20-11(2)6-7-17(3,18)19/h8-9H,2,6-7H2,1,3-5H3,(H,20,23). The summed E-state index contributed by atoms with van der Waals surface area (Å²) in [5.41, 5.74) is 0.172. The molecule has 2 aromatic rings. The zero-order valence-corrected chi connectivity index (χ0v) is 14.4. The van der Waals surface area contributed by atoms with Crippen LogP contribution in [-0.4, -0.2) is 28.5 Å². The number of pyridine rings is 1. The summed E-state index contributed by atoms with van der Waals surface area (Å²) >= 11 is 0. The van der Waals surface area contributed by atoms with Crippen LogP contribution in [0.4, 0.5) is 4.39 Å². The number of rotatable bonds is 5. The van der Waals surface area contributed by atoms with Crippen LogP contribution in [0.5, 0.6) is 0 Å². The third kappa shape index (κ3) is 3.61. The Labute approximate surface area is 141 Å². The molecule has 1 amide bonds. The molecule has 1 N–H and O–H groups in total. The van der Waals surface area contributed by atoms with Gasteiger partial charge in [0.15, 0.2) is 0 Å². The van der Waals surface area contributed by atoms with Crippen molar-refractivity contribution in [1.82, 2.24) is 14.5 Å². The van der Waals surface area contributed by atoms with Crippen molar-refractivity contribution >= 4 is 24.7 Å². The Bertz CT molecular complexity index is 875. The number of hydrogen-bond acceptors (Lipinski definition) is 2. The van der Waals surface area contributed by atoms with Crippen molar-refractivity contribution in [2.75, 3.05) is 0 Å². The molecule has 2 radical (unpaired) electrons. The first-order chi connectivity index (χ1) is 11.0. The van der Waals surface area contributed by atoms with E-state index >= 15 is 0 Å². The van der Waals surface area contributed by atoms with Crippen LogP contribution in [0, 0.1) is 6.92 Å². The molecule has 126 valence electrons. The minimum atomic E-state index is -1.82. The number of halogens is 1. The van der Waals surface area contributed by atoms with Crippen molar-refractivity contribution in [3.63, 3.8) is 0 Å². The highest BCUT2D eigenvalue weighted by Gasteiger charge is 2.20. The van der Waals surface area contributed by atoms with E-state index in [1.54, 1.807) is 31.1 Å². The third-order valence-corrected chi connectivity index (χ3v) is 3.93. The summed E-state index contributed by atoms with van der Waals surface area (Å²) in [5.74, 6) is -0.439. The van der Waals surface area contributed by atoms with Gasteiger partial charge in [0, 0.05) is 32.2 Å². The number of amides is 1. The second-order valence-electron chi connectivity index (χ2n) is 6.44. The molecule has 0 aliphatic rings. The molecule has 0 fully saturated rings. The minimum absolute atomic E-state index is 0.0442. The van der Waals surface area contributed by atoms with Gasteiger partial charge in [-0.2, -0.15) is 0 Å². The van der Waals surface area contributed by atoms with E-state index in [2.05, 4.69) is 11.9 Å². The topological polar surface area (TPSA) is 56.0 Å². The molecule has 2 aromatic heterocycles. The maximum Gasteiger partial charge on any atom is 0.260 e. The van der Waals surface area contributed by atoms with E-state index in [0.29, 0.717) is 16.6 Å². The summed E-state index contributed by atoms with van der Waals surface area (Å²) < 4.78 is 16.5. The Morgan fingerprint density at radius 1 is 1.38 bits per heavy atom. The third-order valence-electron chi connectivity index (χ3n) is 3.93. The molecule has 0 aliphatic heterocycles. The number of nitrogens with zero attached hydrogens (tertiary/aromatic N) is 2. The molecule has 0 saturated carbocycles. The van der Waals surface area contributed by atoms with Crippen molar-refractivity contribution in [1.29, 1.82) is 0 Å². The van der Waals surface area contributed by atoms with Gasteiger partial charge in [-0.05, 0) is 32.3 Å². The summed E-state index contributed by atoms with van der Waals surface area (Å²) in [6, 6.07) is 0. The smallest absolute Gasteiger partial charge is 0.260 e. The Kier molecular flexibility index (Phi) is 4.74. The molecular formula is C17H21BFN3O2. The molecule has 1 unspecified atom stereocenters. The predicted octanol–water partition coefficient (Wildman–Crippen LogP) is 2.06. The number of fused-ring (bicyclic) bond motifs is 1. The zero-order chi connectivity index (χ0) is 18.2. The SMILES string of the molecule is [B]C(C)(F)CCC(=C)NC(=O)c1cn(C)c2c(C)cn(C)c(=O)c12. The van der Waals surface area contributed by atoms with Crippen molar-refractivity contribution in [2.45, 2.75) is 32.3 Å². The lowest BCUT2D eigenvalue weighted by Gasteiger charge is -2.15. The number of allylic oxidation sites excluding steroid dienone is 1. The molecule has 24 heavy (non-hydrogen) atoms. The minimum Gasteiger partial charge on any atom is -0.349 e. The van der Waals surface area contributed by atoms with Gasteiger partial charge in [0.1, 0.15) is 7.85 Å². The molecule has 2 heterocycles. The van der Waals surface area contributed by atoms with E-state index in [-0.39, 0.29) is 24.0 Å². The van der Waals surface area contributed by atoms with Gasteiger partial charge in [-0.15, -0.1) is 0 Å². The van der Waals surface area contributed by atoms with Crippen LogP contribution in [0.2, 0.25) is 0 Å². The van der Waals surface area contributed by atoms with E-state index in [0.717, 1.165) is 5.56 Å². The first-order valence-corrected chi connectivity index (χ1v) is 7.63. The highest BCUT2D eigenvalue weighted by atomic mass is 19.1. The first-order valence-electron chi connectivity index (χ1n) is 7.63. The lowest BCUT2D eigenvalue weighted by atomic mass is 9.81. The van der Waals surface area contributed by atoms with Crippen LogP contribution in [-0.2, 0) is 14.1 Å². The van der Waals surface area contributed by atoms with Gasteiger partial charge in [0.25, 0.3) is 11.5 Å². The molecule has 0 aromatic carbocycles. The van der Waals surface area contributed by atoms with E-state index in [4.69, 9.17) is 7.85 Å². The number of carbonyl (C=O) groups is 1. The van der Waals surface area contributed by atoms with Crippen molar-refractivity contribution < 1.29 is 9.18 Å². The number of aromatic nitrogens is 2. The van der Waals surface area contributed by atoms with Gasteiger partial charge in [0.2, 0.25) is 0 Å².